The molecule has 1 saturated carbocycles. The molecule has 2 N–H and O–H groups in total. The van der Waals surface area contributed by atoms with Gasteiger partial charge in [0, 0.05) is 0 Å². The number of halogens is 1. The normalized spacial score (nSPS) is 18.6. The number of benzene rings is 1. The lowest BCUT2D eigenvalue weighted by Crippen LogP contribution is -2.47. The van der Waals surface area contributed by atoms with Gasteiger partial charge in [0.2, 0.25) is 0 Å². The molecule has 110 valence electrons. The van der Waals surface area contributed by atoms with Gasteiger partial charge in [-0.1, -0.05) is 23.7 Å². The molecule has 0 heterocycles. The Bertz CT molecular complexity index is 472. The maximum atomic E-state index is 11.9. The summed E-state index contributed by atoms with van der Waals surface area (Å²) in [6, 6.07) is 7.21. The van der Waals surface area contributed by atoms with Gasteiger partial charge in [-0.2, -0.15) is 0 Å². The topological polar surface area (TPSA) is 58.6 Å². The van der Waals surface area contributed by atoms with Crippen molar-refractivity contribution in [3.63, 3.8) is 0 Å². The quantitative estimate of drug-likeness (QED) is 0.878. The second-order valence-corrected chi connectivity index (χ2v) is 5.71. The van der Waals surface area contributed by atoms with E-state index in [4.69, 9.17) is 16.3 Å². The minimum absolute atomic E-state index is 0.219. The Kier molecular flexibility index (Phi) is 4.89. The first-order valence-corrected chi connectivity index (χ1v) is 7.31. The summed E-state index contributed by atoms with van der Waals surface area (Å²) >= 11 is 6.00. The van der Waals surface area contributed by atoms with Gasteiger partial charge in [-0.25, -0.2) is 0 Å². The summed E-state index contributed by atoms with van der Waals surface area (Å²) in [5.74, 6) is 0.292. The zero-order chi connectivity index (χ0) is 14.6. The maximum absolute atomic E-state index is 11.9. The SMILES string of the molecule is CC(CNC(=O)C1(O)CCCC1)Oc1ccccc1Cl. The average Bonchev–Trinajstić information content (AvgIpc) is 2.87. The lowest BCUT2D eigenvalue weighted by Gasteiger charge is -2.23. The summed E-state index contributed by atoms with van der Waals surface area (Å²) in [5, 5.41) is 13.4. The third-order valence-electron chi connectivity index (χ3n) is 3.57. The summed E-state index contributed by atoms with van der Waals surface area (Å²) in [6.45, 7) is 2.19. The molecule has 0 radical (unpaired) electrons. The maximum Gasteiger partial charge on any atom is 0.252 e. The van der Waals surface area contributed by atoms with E-state index < -0.39 is 5.60 Å². The van der Waals surface area contributed by atoms with Crippen LogP contribution >= 0.6 is 11.6 Å². The van der Waals surface area contributed by atoms with Gasteiger partial charge in [-0.3, -0.25) is 4.79 Å². The molecule has 1 aromatic carbocycles. The number of nitrogens with one attached hydrogen (secondary N) is 1. The molecular formula is C15H20ClNO3. The van der Waals surface area contributed by atoms with Gasteiger partial charge < -0.3 is 15.2 Å². The number of rotatable bonds is 5. The van der Waals surface area contributed by atoms with E-state index in [2.05, 4.69) is 5.32 Å². The van der Waals surface area contributed by atoms with Crippen LogP contribution in [0.3, 0.4) is 0 Å². The molecule has 1 aliphatic rings. The molecule has 20 heavy (non-hydrogen) atoms. The molecular weight excluding hydrogens is 278 g/mol. The zero-order valence-electron chi connectivity index (χ0n) is 11.6. The minimum Gasteiger partial charge on any atom is -0.487 e. The fourth-order valence-corrected chi connectivity index (χ4v) is 2.57. The van der Waals surface area contributed by atoms with Crippen LogP contribution < -0.4 is 10.1 Å². The Hall–Kier alpha value is -1.26. The van der Waals surface area contributed by atoms with E-state index in [9.17, 15) is 9.90 Å². The van der Waals surface area contributed by atoms with E-state index in [-0.39, 0.29) is 12.0 Å². The second-order valence-electron chi connectivity index (χ2n) is 5.31. The van der Waals surface area contributed by atoms with Crippen LogP contribution in [-0.4, -0.2) is 29.3 Å². The summed E-state index contributed by atoms with van der Waals surface area (Å²) in [4.78, 5) is 11.9. The Morgan fingerprint density at radius 3 is 2.75 bits per heavy atom. The molecule has 0 spiro atoms. The third kappa shape index (κ3) is 3.64. The van der Waals surface area contributed by atoms with Crippen molar-refractivity contribution in [3.8, 4) is 5.75 Å². The number of hydrogen-bond acceptors (Lipinski definition) is 3. The Morgan fingerprint density at radius 2 is 2.10 bits per heavy atom. The molecule has 0 aliphatic heterocycles. The van der Waals surface area contributed by atoms with Crippen molar-refractivity contribution in [2.75, 3.05) is 6.54 Å². The lowest BCUT2D eigenvalue weighted by molar-refractivity contribution is -0.139. The molecule has 0 aromatic heterocycles. The number of para-hydroxylation sites is 1. The van der Waals surface area contributed by atoms with Crippen LogP contribution in [0.25, 0.3) is 0 Å². The molecule has 1 unspecified atom stereocenters. The van der Waals surface area contributed by atoms with Crippen LogP contribution in [0.5, 0.6) is 5.75 Å². The highest BCUT2D eigenvalue weighted by molar-refractivity contribution is 6.32. The first-order chi connectivity index (χ1) is 9.51. The number of hydrogen-bond donors (Lipinski definition) is 2. The smallest absolute Gasteiger partial charge is 0.252 e. The second kappa shape index (κ2) is 6.46. The van der Waals surface area contributed by atoms with Crippen LogP contribution in [0.2, 0.25) is 5.02 Å². The van der Waals surface area contributed by atoms with Gasteiger partial charge in [0.1, 0.15) is 17.5 Å². The van der Waals surface area contributed by atoms with Crippen molar-refractivity contribution in [3.05, 3.63) is 29.3 Å². The monoisotopic (exact) mass is 297 g/mol. The van der Waals surface area contributed by atoms with Crippen LogP contribution in [0.4, 0.5) is 0 Å². The highest BCUT2D eigenvalue weighted by atomic mass is 35.5. The van der Waals surface area contributed by atoms with Crippen LogP contribution in [0.15, 0.2) is 24.3 Å². The standard InChI is InChI=1S/C15H20ClNO3/c1-11(20-13-7-3-2-6-12(13)16)10-17-14(18)15(19)8-4-5-9-15/h2-3,6-7,11,19H,4-5,8-10H2,1H3,(H,17,18). The van der Waals surface area contributed by atoms with Crippen molar-refractivity contribution in [1.29, 1.82) is 0 Å². The molecule has 1 aliphatic carbocycles. The van der Waals surface area contributed by atoms with E-state index >= 15 is 0 Å². The first kappa shape index (κ1) is 15.1. The zero-order valence-corrected chi connectivity index (χ0v) is 12.3. The van der Waals surface area contributed by atoms with E-state index in [1.54, 1.807) is 12.1 Å². The molecule has 1 aromatic rings. The number of amides is 1. The number of ether oxygens (including phenoxy) is 1. The highest BCUT2D eigenvalue weighted by Crippen LogP contribution is 2.29. The lowest BCUT2D eigenvalue weighted by atomic mass is 10.0. The molecule has 4 nitrogen and oxygen atoms in total. The molecule has 1 amide bonds. The Labute approximate surface area is 124 Å². The largest absolute Gasteiger partial charge is 0.487 e. The van der Waals surface area contributed by atoms with Crippen LogP contribution in [0, 0.1) is 0 Å². The third-order valence-corrected chi connectivity index (χ3v) is 3.88. The van der Waals surface area contributed by atoms with Gasteiger partial charge in [0.25, 0.3) is 5.91 Å². The predicted molar refractivity (Wildman–Crippen MR) is 78.0 cm³/mol. The molecule has 0 saturated heterocycles. The predicted octanol–water partition coefficient (Wildman–Crippen LogP) is 2.53. The fraction of sp³-hybridized carbons (Fsp3) is 0.533. The summed E-state index contributed by atoms with van der Waals surface area (Å²) in [5.41, 5.74) is -1.19. The van der Waals surface area contributed by atoms with Gasteiger partial charge >= 0.3 is 0 Å². The van der Waals surface area contributed by atoms with Gasteiger partial charge in [0.15, 0.2) is 0 Å². The van der Waals surface area contributed by atoms with Crippen molar-refractivity contribution in [2.45, 2.75) is 44.3 Å². The number of carbonyl (C=O) groups is 1. The summed E-state index contributed by atoms with van der Waals surface area (Å²) < 4.78 is 5.66. The van der Waals surface area contributed by atoms with Crippen LogP contribution in [0.1, 0.15) is 32.6 Å². The fourth-order valence-electron chi connectivity index (χ4n) is 2.39. The summed E-state index contributed by atoms with van der Waals surface area (Å²) in [6.07, 6.45) is 2.66. The van der Waals surface area contributed by atoms with E-state index in [0.29, 0.717) is 30.2 Å². The van der Waals surface area contributed by atoms with Crippen molar-refractivity contribution in [1.82, 2.24) is 5.32 Å². The average molecular weight is 298 g/mol. The molecule has 0 bridgehead atoms. The minimum atomic E-state index is -1.19. The van der Waals surface area contributed by atoms with Crippen molar-refractivity contribution < 1.29 is 14.6 Å². The number of carbonyl (C=O) groups excluding carboxylic acids is 1. The molecule has 2 rings (SSSR count). The molecule has 1 fully saturated rings. The van der Waals surface area contributed by atoms with Gasteiger partial charge in [-0.05, 0) is 44.7 Å². The summed E-state index contributed by atoms with van der Waals surface area (Å²) in [7, 11) is 0. The van der Waals surface area contributed by atoms with Gasteiger partial charge in [0.05, 0.1) is 11.6 Å². The Balaban J connectivity index is 1.82. The van der Waals surface area contributed by atoms with Crippen LogP contribution in [-0.2, 0) is 4.79 Å². The molecule has 5 heteroatoms. The Morgan fingerprint density at radius 1 is 1.45 bits per heavy atom. The van der Waals surface area contributed by atoms with E-state index in [0.717, 1.165) is 12.8 Å². The van der Waals surface area contributed by atoms with Crippen molar-refractivity contribution in [2.24, 2.45) is 0 Å². The van der Waals surface area contributed by atoms with Crippen molar-refractivity contribution >= 4 is 17.5 Å². The first-order valence-electron chi connectivity index (χ1n) is 6.93. The van der Waals surface area contributed by atoms with E-state index in [1.807, 2.05) is 19.1 Å². The highest BCUT2D eigenvalue weighted by Gasteiger charge is 2.38. The van der Waals surface area contributed by atoms with Gasteiger partial charge in [-0.15, -0.1) is 0 Å². The number of aliphatic hydroxyl groups is 1. The van der Waals surface area contributed by atoms with E-state index in [1.165, 1.54) is 0 Å². The molecule has 1 atom stereocenters.